The van der Waals surface area contributed by atoms with E-state index in [1.165, 1.54) is 24.2 Å². The summed E-state index contributed by atoms with van der Waals surface area (Å²) in [6, 6.07) is 13.8. The second-order valence-electron chi connectivity index (χ2n) is 5.53. The van der Waals surface area contributed by atoms with E-state index >= 15 is 0 Å². The van der Waals surface area contributed by atoms with Gasteiger partial charge in [-0.3, -0.25) is 4.79 Å². The Labute approximate surface area is 152 Å². The van der Waals surface area contributed by atoms with Crippen molar-refractivity contribution in [3.63, 3.8) is 0 Å². The molecular weight excluding hydrogens is 334 g/mol. The second-order valence-corrected chi connectivity index (χ2v) is 6.53. The summed E-state index contributed by atoms with van der Waals surface area (Å²) in [5.41, 5.74) is 9.65. The molecule has 0 radical (unpaired) electrons. The smallest absolute Gasteiger partial charge is 0.308 e. The van der Waals surface area contributed by atoms with Crippen molar-refractivity contribution in [2.24, 2.45) is 15.9 Å². The summed E-state index contributed by atoms with van der Waals surface area (Å²) in [6.45, 7) is 5.16. The molecule has 0 aliphatic rings. The number of amidine groups is 1. The number of esters is 1. The van der Waals surface area contributed by atoms with E-state index < -0.39 is 0 Å². The number of nitrogens with two attached hydrogens (primary N) is 1. The first-order valence-electron chi connectivity index (χ1n) is 7.78. The standard InChI is InChI=1S/C19H21N3O2S/c1-13-9-17(10-14(2)18(13)24-15(3)23)11-21-22-19(20)25-12-16-7-5-4-6-8-16/h4-11H,12H2,1-3H3,(H2,20,22). The van der Waals surface area contributed by atoms with Gasteiger partial charge in [0.25, 0.3) is 0 Å². The van der Waals surface area contributed by atoms with Crippen LogP contribution < -0.4 is 10.5 Å². The Morgan fingerprint density at radius 2 is 1.84 bits per heavy atom. The van der Waals surface area contributed by atoms with E-state index in [1.807, 2.05) is 56.3 Å². The lowest BCUT2D eigenvalue weighted by atomic mass is 10.1. The van der Waals surface area contributed by atoms with E-state index in [0.29, 0.717) is 10.9 Å². The minimum absolute atomic E-state index is 0.333. The van der Waals surface area contributed by atoms with Crippen LogP contribution in [0.25, 0.3) is 0 Å². The van der Waals surface area contributed by atoms with Crippen molar-refractivity contribution in [3.05, 3.63) is 64.7 Å². The number of carbonyl (C=O) groups is 1. The predicted molar refractivity (Wildman–Crippen MR) is 104 cm³/mol. The predicted octanol–water partition coefficient (Wildman–Crippen LogP) is 3.81. The zero-order valence-electron chi connectivity index (χ0n) is 14.5. The van der Waals surface area contributed by atoms with Crippen molar-refractivity contribution in [1.82, 2.24) is 0 Å². The molecule has 0 aliphatic carbocycles. The van der Waals surface area contributed by atoms with Crippen molar-refractivity contribution in [2.45, 2.75) is 26.5 Å². The molecule has 5 nitrogen and oxygen atoms in total. The Balaban J connectivity index is 2.00. The largest absolute Gasteiger partial charge is 0.426 e. The Kier molecular flexibility index (Phi) is 6.77. The summed E-state index contributed by atoms with van der Waals surface area (Å²) in [6.07, 6.45) is 1.63. The number of hydrogen-bond donors (Lipinski definition) is 1. The minimum Gasteiger partial charge on any atom is -0.426 e. The van der Waals surface area contributed by atoms with E-state index in [0.717, 1.165) is 22.4 Å². The highest BCUT2D eigenvalue weighted by molar-refractivity contribution is 8.13. The molecular formula is C19H21N3O2S. The first kappa shape index (κ1) is 18.7. The number of nitrogens with zero attached hydrogens (tertiary/aromatic N) is 2. The van der Waals surface area contributed by atoms with Crippen LogP contribution in [0.15, 0.2) is 52.7 Å². The van der Waals surface area contributed by atoms with Crippen LogP contribution in [0.2, 0.25) is 0 Å². The van der Waals surface area contributed by atoms with Crippen molar-refractivity contribution in [3.8, 4) is 5.75 Å². The molecule has 0 fully saturated rings. The summed E-state index contributed by atoms with van der Waals surface area (Å²) in [5, 5.41) is 8.45. The van der Waals surface area contributed by atoms with Crippen LogP contribution >= 0.6 is 11.8 Å². The molecule has 0 atom stereocenters. The van der Waals surface area contributed by atoms with Gasteiger partial charge in [0.2, 0.25) is 0 Å². The van der Waals surface area contributed by atoms with Crippen LogP contribution in [0.1, 0.15) is 29.2 Å². The fraction of sp³-hybridized carbons (Fsp3) is 0.211. The molecule has 0 amide bonds. The van der Waals surface area contributed by atoms with Gasteiger partial charge >= 0.3 is 5.97 Å². The zero-order chi connectivity index (χ0) is 18.2. The molecule has 2 rings (SSSR count). The van der Waals surface area contributed by atoms with E-state index in [9.17, 15) is 4.79 Å². The van der Waals surface area contributed by atoms with Crippen LogP contribution in [0.4, 0.5) is 0 Å². The zero-order valence-corrected chi connectivity index (χ0v) is 15.3. The first-order chi connectivity index (χ1) is 12.0. The molecule has 0 aliphatic heterocycles. The van der Waals surface area contributed by atoms with Gasteiger partial charge in [-0.25, -0.2) is 0 Å². The molecule has 0 saturated heterocycles. The molecule has 6 heteroatoms. The molecule has 25 heavy (non-hydrogen) atoms. The molecule has 2 N–H and O–H groups in total. The van der Waals surface area contributed by atoms with E-state index in [4.69, 9.17) is 10.5 Å². The highest BCUT2D eigenvalue weighted by Crippen LogP contribution is 2.24. The fourth-order valence-corrected chi connectivity index (χ4v) is 2.89. The van der Waals surface area contributed by atoms with Crippen LogP contribution in [-0.4, -0.2) is 17.4 Å². The van der Waals surface area contributed by atoms with Crippen molar-refractivity contribution < 1.29 is 9.53 Å². The van der Waals surface area contributed by atoms with Gasteiger partial charge in [-0.05, 0) is 48.2 Å². The van der Waals surface area contributed by atoms with Gasteiger partial charge in [-0.15, -0.1) is 5.10 Å². The maximum Gasteiger partial charge on any atom is 0.308 e. The first-order valence-corrected chi connectivity index (χ1v) is 8.77. The Hall–Kier alpha value is -2.60. The Morgan fingerprint density at radius 1 is 1.20 bits per heavy atom. The summed E-state index contributed by atoms with van der Waals surface area (Å²) >= 11 is 1.44. The average Bonchev–Trinajstić information content (AvgIpc) is 2.57. The normalized spacial score (nSPS) is 11.7. The second kappa shape index (κ2) is 9.03. The molecule has 0 spiro atoms. The number of carbonyl (C=O) groups excluding carboxylic acids is 1. The number of thioether (sulfide) groups is 1. The SMILES string of the molecule is CC(=O)Oc1c(C)cc(C=NN=C(N)SCc2ccccc2)cc1C. The summed E-state index contributed by atoms with van der Waals surface area (Å²) in [5.74, 6) is 1.01. The average molecular weight is 355 g/mol. The maximum absolute atomic E-state index is 11.1. The third-order valence-electron chi connectivity index (χ3n) is 3.32. The fourth-order valence-electron chi connectivity index (χ4n) is 2.28. The van der Waals surface area contributed by atoms with E-state index in [2.05, 4.69) is 10.2 Å². The highest BCUT2D eigenvalue weighted by atomic mass is 32.2. The van der Waals surface area contributed by atoms with Crippen LogP contribution in [0, 0.1) is 13.8 Å². The van der Waals surface area contributed by atoms with Gasteiger partial charge in [0.05, 0.1) is 6.21 Å². The molecule has 0 bridgehead atoms. The number of benzene rings is 2. The summed E-state index contributed by atoms with van der Waals surface area (Å²) < 4.78 is 5.21. The van der Waals surface area contributed by atoms with Crippen molar-refractivity contribution in [2.75, 3.05) is 0 Å². The van der Waals surface area contributed by atoms with Crippen LogP contribution in [0.5, 0.6) is 5.75 Å². The van der Waals surface area contributed by atoms with Crippen molar-refractivity contribution in [1.29, 1.82) is 0 Å². The van der Waals surface area contributed by atoms with Crippen molar-refractivity contribution >= 4 is 29.1 Å². The lowest BCUT2D eigenvalue weighted by Gasteiger charge is -2.09. The van der Waals surface area contributed by atoms with Gasteiger partial charge in [0.15, 0.2) is 5.17 Å². The molecule has 0 saturated carbocycles. The lowest BCUT2D eigenvalue weighted by molar-refractivity contribution is -0.131. The molecule has 0 unspecified atom stereocenters. The molecule has 0 aromatic heterocycles. The topological polar surface area (TPSA) is 77.0 Å². The van der Waals surface area contributed by atoms with Crippen LogP contribution in [-0.2, 0) is 10.5 Å². The monoisotopic (exact) mass is 355 g/mol. The van der Waals surface area contributed by atoms with E-state index in [-0.39, 0.29) is 5.97 Å². The quantitative estimate of drug-likeness (QED) is 0.291. The molecule has 2 aromatic carbocycles. The third-order valence-corrected chi connectivity index (χ3v) is 4.18. The Morgan fingerprint density at radius 3 is 2.44 bits per heavy atom. The van der Waals surface area contributed by atoms with Gasteiger partial charge in [0, 0.05) is 12.7 Å². The molecule has 130 valence electrons. The Bertz CT molecular complexity index is 779. The summed E-state index contributed by atoms with van der Waals surface area (Å²) in [4.78, 5) is 11.1. The molecule has 0 heterocycles. The number of aryl methyl sites for hydroxylation is 2. The van der Waals surface area contributed by atoms with Gasteiger partial charge < -0.3 is 10.5 Å². The third kappa shape index (κ3) is 6.08. The number of ether oxygens (including phenoxy) is 1. The number of hydrogen-bond acceptors (Lipinski definition) is 5. The highest BCUT2D eigenvalue weighted by Gasteiger charge is 2.08. The molecule has 2 aromatic rings. The van der Waals surface area contributed by atoms with Crippen LogP contribution in [0.3, 0.4) is 0 Å². The number of rotatable bonds is 5. The maximum atomic E-state index is 11.1. The van der Waals surface area contributed by atoms with Gasteiger partial charge in [0.1, 0.15) is 5.75 Å². The minimum atomic E-state index is -0.333. The van der Waals surface area contributed by atoms with Gasteiger partial charge in [-0.1, -0.05) is 42.1 Å². The summed E-state index contributed by atoms with van der Waals surface area (Å²) in [7, 11) is 0. The van der Waals surface area contributed by atoms with Gasteiger partial charge in [-0.2, -0.15) is 5.10 Å². The van der Waals surface area contributed by atoms with E-state index in [1.54, 1.807) is 6.21 Å². The lowest BCUT2D eigenvalue weighted by Crippen LogP contribution is -2.06.